The first-order valence-corrected chi connectivity index (χ1v) is 8.06. The second-order valence-corrected chi connectivity index (χ2v) is 6.51. The first-order valence-electron chi connectivity index (χ1n) is 5.97. The maximum absolute atomic E-state index is 13.5. The largest absolute Gasteiger partial charge is 0.364 e. The van der Waals surface area contributed by atoms with E-state index in [0.717, 1.165) is 5.56 Å². The summed E-state index contributed by atoms with van der Waals surface area (Å²) in [5.41, 5.74) is 1.45. The van der Waals surface area contributed by atoms with Crippen molar-refractivity contribution < 1.29 is 12.8 Å². The lowest BCUT2D eigenvalue weighted by molar-refractivity contribution is 0.597. The molecule has 21 heavy (non-hydrogen) atoms. The number of sulfonamides is 1. The molecule has 0 atom stereocenters. The predicted octanol–water partition coefficient (Wildman–Crippen LogP) is 2.27. The van der Waals surface area contributed by atoms with E-state index in [1.165, 1.54) is 12.3 Å². The molecule has 0 unspecified atom stereocenters. The van der Waals surface area contributed by atoms with Crippen LogP contribution in [0.1, 0.15) is 11.1 Å². The first kappa shape index (κ1) is 15.7. The molecule has 8 heteroatoms. The van der Waals surface area contributed by atoms with Crippen LogP contribution in [-0.2, 0) is 22.3 Å². The van der Waals surface area contributed by atoms with Crippen molar-refractivity contribution in [2.75, 3.05) is 5.32 Å². The monoisotopic (exact) mass is 329 g/mol. The van der Waals surface area contributed by atoms with Crippen LogP contribution in [0.25, 0.3) is 0 Å². The minimum absolute atomic E-state index is 0.105. The summed E-state index contributed by atoms with van der Waals surface area (Å²) < 4.78 is 35.4. The second-order valence-electron chi connectivity index (χ2n) is 4.46. The number of halogens is 2. The molecule has 0 radical (unpaired) electrons. The van der Waals surface area contributed by atoms with Gasteiger partial charge < -0.3 is 5.32 Å². The lowest BCUT2D eigenvalue weighted by Crippen LogP contribution is -2.14. The van der Waals surface area contributed by atoms with Gasteiger partial charge in [-0.15, -0.1) is 0 Å². The molecular weight excluding hydrogens is 317 g/mol. The fourth-order valence-electron chi connectivity index (χ4n) is 1.72. The molecule has 1 heterocycles. The Morgan fingerprint density at radius 3 is 2.43 bits per heavy atom. The van der Waals surface area contributed by atoms with Crippen LogP contribution in [0.2, 0.25) is 5.02 Å². The van der Waals surface area contributed by atoms with Gasteiger partial charge in [0.15, 0.2) is 11.6 Å². The number of nitrogens with two attached hydrogens (primary N) is 1. The van der Waals surface area contributed by atoms with Gasteiger partial charge in [-0.25, -0.2) is 22.9 Å². The van der Waals surface area contributed by atoms with Crippen molar-refractivity contribution in [1.29, 1.82) is 0 Å². The summed E-state index contributed by atoms with van der Waals surface area (Å²) in [5, 5.41) is 8.03. The molecule has 0 aliphatic rings. The minimum atomic E-state index is -3.54. The van der Waals surface area contributed by atoms with Crippen LogP contribution in [0.5, 0.6) is 0 Å². The van der Waals surface area contributed by atoms with E-state index in [1.54, 1.807) is 24.3 Å². The molecule has 0 amide bonds. The van der Waals surface area contributed by atoms with Crippen LogP contribution in [0.15, 0.2) is 36.5 Å². The van der Waals surface area contributed by atoms with Gasteiger partial charge in [0.25, 0.3) is 0 Å². The number of nitrogens with zero attached hydrogens (tertiary/aromatic N) is 1. The van der Waals surface area contributed by atoms with Crippen LogP contribution in [0.3, 0.4) is 0 Å². The van der Waals surface area contributed by atoms with Crippen LogP contribution >= 0.6 is 11.6 Å². The molecule has 0 aliphatic heterocycles. The van der Waals surface area contributed by atoms with Gasteiger partial charge in [-0.3, -0.25) is 0 Å². The zero-order chi connectivity index (χ0) is 15.5. The maximum Gasteiger partial charge on any atom is 0.213 e. The Hall–Kier alpha value is -1.70. The molecule has 1 aromatic carbocycles. The van der Waals surface area contributed by atoms with Gasteiger partial charge >= 0.3 is 0 Å². The van der Waals surface area contributed by atoms with Gasteiger partial charge in [0.2, 0.25) is 10.0 Å². The van der Waals surface area contributed by atoms with Crippen molar-refractivity contribution >= 4 is 27.4 Å². The van der Waals surface area contributed by atoms with Crippen LogP contribution in [0, 0.1) is 5.82 Å². The first-order chi connectivity index (χ1) is 9.83. The zero-order valence-electron chi connectivity index (χ0n) is 10.9. The summed E-state index contributed by atoms with van der Waals surface area (Å²) >= 11 is 5.61. The SMILES string of the molecule is NS(=O)(=O)Cc1ccc(CNc2ncc(Cl)cc2F)cc1. The molecule has 0 spiro atoms. The minimum Gasteiger partial charge on any atom is -0.364 e. The summed E-state index contributed by atoms with van der Waals surface area (Å²) in [6, 6.07) is 7.97. The molecule has 0 saturated heterocycles. The lowest BCUT2D eigenvalue weighted by Gasteiger charge is -2.07. The number of hydrogen-bond acceptors (Lipinski definition) is 4. The molecule has 5 nitrogen and oxygen atoms in total. The average Bonchev–Trinajstić information content (AvgIpc) is 2.38. The van der Waals surface area contributed by atoms with Crippen molar-refractivity contribution in [2.45, 2.75) is 12.3 Å². The normalized spacial score (nSPS) is 11.4. The second kappa shape index (κ2) is 6.38. The van der Waals surface area contributed by atoms with Gasteiger partial charge in [0, 0.05) is 12.7 Å². The molecule has 1 aromatic heterocycles. The Balaban J connectivity index is 2.00. The van der Waals surface area contributed by atoms with Crippen LogP contribution in [0.4, 0.5) is 10.2 Å². The highest BCUT2D eigenvalue weighted by Gasteiger charge is 2.06. The molecule has 2 aromatic rings. The van der Waals surface area contributed by atoms with E-state index in [9.17, 15) is 12.8 Å². The van der Waals surface area contributed by atoms with E-state index >= 15 is 0 Å². The summed E-state index contributed by atoms with van der Waals surface area (Å²) in [6.07, 6.45) is 1.35. The van der Waals surface area contributed by atoms with Crippen molar-refractivity contribution in [1.82, 2.24) is 4.98 Å². The molecule has 0 fully saturated rings. The highest BCUT2D eigenvalue weighted by molar-refractivity contribution is 7.88. The molecule has 0 aliphatic carbocycles. The van der Waals surface area contributed by atoms with Crippen molar-refractivity contribution in [3.8, 4) is 0 Å². The molecule has 0 saturated carbocycles. The summed E-state index contributed by atoms with van der Waals surface area (Å²) in [7, 11) is -3.54. The third kappa shape index (κ3) is 4.96. The van der Waals surface area contributed by atoms with Crippen molar-refractivity contribution in [2.24, 2.45) is 5.14 Å². The van der Waals surface area contributed by atoms with Gasteiger partial charge in [-0.2, -0.15) is 0 Å². The Labute approximate surface area is 127 Å². The number of nitrogens with one attached hydrogen (secondary N) is 1. The summed E-state index contributed by atoms with van der Waals surface area (Å²) in [4.78, 5) is 3.85. The van der Waals surface area contributed by atoms with Gasteiger partial charge in [-0.1, -0.05) is 35.9 Å². The number of aromatic nitrogens is 1. The molecule has 0 bridgehead atoms. The zero-order valence-corrected chi connectivity index (χ0v) is 12.5. The number of benzene rings is 1. The molecule has 112 valence electrons. The van der Waals surface area contributed by atoms with Crippen molar-refractivity contribution in [3.63, 3.8) is 0 Å². The van der Waals surface area contributed by atoms with Gasteiger partial charge in [-0.05, 0) is 17.2 Å². The number of pyridine rings is 1. The van der Waals surface area contributed by atoms with E-state index in [-0.39, 0.29) is 16.6 Å². The Kier molecular flexibility index (Phi) is 4.76. The highest BCUT2D eigenvalue weighted by atomic mass is 35.5. The van der Waals surface area contributed by atoms with E-state index in [0.29, 0.717) is 12.1 Å². The quantitative estimate of drug-likeness (QED) is 0.881. The third-order valence-electron chi connectivity index (χ3n) is 2.66. The maximum atomic E-state index is 13.5. The summed E-state index contributed by atoms with van der Waals surface area (Å²) in [5.74, 6) is -0.644. The lowest BCUT2D eigenvalue weighted by atomic mass is 10.1. The fraction of sp³-hybridized carbons (Fsp3) is 0.154. The van der Waals surface area contributed by atoms with Crippen LogP contribution < -0.4 is 10.5 Å². The van der Waals surface area contributed by atoms with E-state index in [1.807, 2.05) is 0 Å². The van der Waals surface area contributed by atoms with E-state index in [4.69, 9.17) is 16.7 Å². The number of hydrogen-bond donors (Lipinski definition) is 2. The third-order valence-corrected chi connectivity index (χ3v) is 3.60. The van der Waals surface area contributed by atoms with E-state index < -0.39 is 15.8 Å². The van der Waals surface area contributed by atoms with E-state index in [2.05, 4.69) is 10.3 Å². The topological polar surface area (TPSA) is 85.1 Å². The smallest absolute Gasteiger partial charge is 0.213 e. The number of primary sulfonamides is 1. The summed E-state index contributed by atoms with van der Waals surface area (Å²) in [6.45, 7) is 0.348. The number of rotatable bonds is 5. The standard InChI is InChI=1S/C13H13ClFN3O2S/c14-11-5-12(15)13(18-7-11)17-6-9-1-3-10(4-2-9)8-21(16,19)20/h1-5,7H,6,8H2,(H,17,18)(H2,16,19,20). The Morgan fingerprint density at radius 1 is 1.24 bits per heavy atom. The average molecular weight is 330 g/mol. The fourth-order valence-corrected chi connectivity index (χ4v) is 2.52. The highest BCUT2D eigenvalue weighted by Crippen LogP contribution is 2.16. The molecule has 3 N–H and O–H groups in total. The van der Waals surface area contributed by atoms with Crippen molar-refractivity contribution in [3.05, 3.63) is 58.5 Å². The molecule has 2 rings (SSSR count). The molecular formula is C13H13ClFN3O2S. The number of anilines is 1. The predicted molar refractivity (Wildman–Crippen MR) is 79.8 cm³/mol. The van der Waals surface area contributed by atoms with Crippen LogP contribution in [-0.4, -0.2) is 13.4 Å². The Bertz CT molecular complexity index is 736. The van der Waals surface area contributed by atoms with Gasteiger partial charge in [0.05, 0.1) is 10.8 Å². The van der Waals surface area contributed by atoms with Gasteiger partial charge in [0.1, 0.15) is 0 Å². The Morgan fingerprint density at radius 2 is 1.86 bits per heavy atom.